The molecule has 0 amide bonds. The van der Waals surface area contributed by atoms with Gasteiger partial charge >= 0.3 is 0 Å². The van der Waals surface area contributed by atoms with E-state index in [1.165, 1.54) is 35.0 Å². The molecule has 0 unspecified atom stereocenters. The molecule has 0 aliphatic rings. The highest BCUT2D eigenvalue weighted by atomic mass is 19.3. The van der Waals surface area contributed by atoms with E-state index in [1.807, 2.05) is 0 Å². The number of hydrogen-bond donors (Lipinski definition) is 0. The number of nitrogens with zero attached hydrogens (tertiary/aromatic N) is 3. The predicted octanol–water partition coefficient (Wildman–Crippen LogP) is 5.48. The number of alkyl halides is 2. The largest absolute Gasteiger partial charge is 0.497 e. The summed E-state index contributed by atoms with van der Waals surface area (Å²) in [6, 6.07) is 14.0. The number of pyridine rings is 1. The summed E-state index contributed by atoms with van der Waals surface area (Å²) in [5, 5.41) is 4.68. The van der Waals surface area contributed by atoms with Gasteiger partial charge in [0.05, 0.1) is 29.6 Å². The zero-order valence-corrected chi connectivity index (χ0v) is 15.2. The zero-order valence-electron chi connectivity index (χ0n) is 15.2. The van der Waals surface area contributed by atoms with Crippen molar-refractivity contribution in [2.45, 2.75) is 13.3 Å². The second kappa shape index (κ2) is 6.99. The van der Waals surface area contributed by atoms with E-state index in [2.05, 4.69) is 10.1 Å². The van der Waals surface area contributed by atoms with Crippen LogP contribution in [0, 0.1) is 12.7 Å². The van der Waals surface area contributed by atoms with Crippen molar-refractivity contribution in [3.05, 3.63) is 71.7 Å². The number of hydrogen-bond acceptors (Lipinski definition) is 3. The summed E-state index contributed by atoms with van der Waals surface area (Å²) in [5.74, 6) is 0.267. The molecule has 0 aliphatic heterocycles. The Balaban J connectivity index is 1.97. The molecule has 4 nitrogen and oxygen atoms in total. The molecular weight excluding hydrogens is 367 g/mol. The number of ether oxygens (including phenoxy) is 1. The quantitative estimate of drug-likeness (QED) is 0.468. The monoisotopic (exact) mass is 383 g/mol. The molecule has 142 valence electrons. The maximum absolute atomic E-state index is 13.8. The number of rotatable bonds is 4. The summed E-state index contributed by atoms with van der Waals surface area (Å²) in [4.78, 5) is 4.60. The first-order chi connectivity index (χ1) is 13.5. The molecule has 0 aliphatic carbocycles. The van der Waals surface area contributed by atoms with E-state index in [0.29, 0.717) is 39.4 Å². The Morgan fingerprint density at radius 2 is 1.68 bits per heavy atom. The number of halogens is 3. The molecule has 0 radical (unpaired) electrons. The van der Waals surface area contributed by atoms with Gasteiger partial charge in [0, 0.05) is 11.1 Å². The third-order valence-corrected chi connectivity index (χ3v) is 4.54. The lowest BCUT2D eigenvalue weighted by molar-refractivity contribution is 0.153. The number of aryl methyl sites for hydroxylation is 1. The summed E-state index contributed by atoms with van der Waals surface area (Å²) in [6.07, 6.45) is -2.69. The van der Waals surface area contributed by atoms with Gasteiger partial charge in [0.2, 0.25) is 0 Å². The number of methoxy groups -OCH3 is 1. The predicted molar refractivity (Wildman–Crippen MR) is 101 cm³/mol. The molecule has 0 bridgehead atoms. The molecule has 0 spiro atoms. The summed E-state index contributed by atoms with van der Waals surface area (Å²) >= 11 is 0. The van der Waals surface area contributed by atoms with Gasteiger partial charge in [-0.05, 0) is 61.5 Å². The molecule has 0 saturated carbocycles. The van der Waals surface area contributed by atoms with Crippen LogP contribution in [0.4, 0.5) is 13.2 Å². The van der Waals surface area contributed by atoms with Crippen molar-refractivity contribution in [2.75, 3.05) is 7.11 Å². The van der Waals surface area contributed by atoms with Gasteiger partial charge in [-0.25, -0.2) is 22.8 Å². The Kier molecular flexibility index (Phi) is 4.50. The average Bonchev–Trinajstić information content (AvgIpc) is 3.04. The van der Waals surface area contributed by atoms with Crippen LogP contribution in [0.2, 0.25) is 0 Å². The SMILES string of the molecule is COc1ccc(-c2cc(C(F)F)c3c(C)nn(-c4ccc(F)cc4)c3n2)cc1. The van der Waals surface area contributed by atoms with Gasteiger partial charge in [-0.2, -0.15) is 5.10 Å². The van der Waals surface area contributed by atoms with Crippen LogP contribution < -0.4 is 4.74 Å². The molecule has 0 saturated heterocycles. The van der Waals surface area contributed by atoms with Gasteiger partial charge in [-0.15, -0.1) is 0 Å². The fraction of sp³-hybridized carbons (Fsp3) is 0.143. The molecule has 4 aromatic rings. The van der Waals surface area contributed by atoms with Crippen LogP contribution in [0.25, 0.3) is 28.0 Å². The fourth-order valence-electron chi connectivity index (χ4n) is 3.17. The number of aromatic nitrogens is 3. The molecule has 0 N–H and O–H groups in total. The van der Waals surface area contributed by atoms with Crippen molar-refractivity contribution in [3.63, 3.8) is 0 Å². The lowest BCUT2D eigenvalue weighted by Gasteiger charge is -2.09. The summed E-state index contributed by atoms with van der Waals surface area (Å²) in [6.45, 7) is 1.66. The van der Waals surface area contributed by atoms with Crippen molar-refractivity contribution in [2.24, 2.45) is 0 Å². The maximum Gasteiger partial charge on any atom is 0.264 e. The van der Waals surface area contributed by atoms with Crippen LogP contribution in [0.3, 0.4) is 0 Å². The van der Waals surface area contributed by atoms with Crippen molar-refractivity contribution >= 4 is 11.0 Å². The van der Waals surface area contributed by atoms with E-state index in [-0.39, 0.29) is 5.56 Å². The van der Waals surface area contributed by atoms with E-state index in [4.69, 9.17) is 4.74 Å². The molecule has 2 aromatic heterocycles. The summed E-state index contributed by atoms with van der Waals surface area (Å²) in [7, 11) is 1.55. The summed E-state index contributed by atoms with van der Waals surface area (Å²) < 4.78 is 47.5. The fourth-order valence-corrected chi connectivity index (χ4v) is 3.17. The van der Waals surface area contributed by atoms with Gasteiger partial charge in [0.15, 0.2) is 5.65 Å². The highest BCUT2D eigenvalue weighted by Gasteiger charge is 2.21. The minimum atomic E-state index is -2.69. The van der Waals surface area contributed by atoms with Crippen molar-refractivity contribution in [1.29, 1.82) is 0 Å². The highest BCUT2D eigenvalue weighted by molar-refractivity contribution is 5.86. The van der Waals surface area contributed by atoms with E-state index in [9.17, 15) is 13.2 Å². The Hall–Kier alpha value is -3.35. The van der Waals surface area contributed by atoms with Crippen LogP contribution in [0.15, 0.2) is 54.6 Å². The maximum atomic E-state index is 13.8. The molecule has 0 atom stereocenters. The van der Waals surface area contributed by atoms with E-state index < -0.39 is 12.2 Å². The average molecular weight is 383 g/mol. The van der Waals surface area contributed by atoms with Gasteiger partial charge < -0.3 is 4.74 Å². The Morgan fingerprint density at radius 1 is 1.00 bits per heavy atom. The first-order valence-electron chi connectivity index (χ1n) is 8.56. The van der Waals surface area contributed by atoms with Crippen molar-refractivity contribution in [3.8, 4) is 22.7 Å². The Bertz CT molecular complexity index is 1140. The van der Waals surface area contributed by atoms with Gasteiger partial charge in [0.1, 0.15) is 11.6 Å². The zero-order chi connectivity index (χ0) is 19.8. The third kappa shape index (κ3) is 3.09. The Labute approximate surface area is 159 Å². The van der Waals surface area contributed by atoms with Crippen LogP contribution in [-0.4, -0.2) is 21.9 Å². The molecule has 28 heavy (non-hydrogen) atoms. The molecule has 0 fully saturated rings. The molecular formula is C21H16F3N3O. The molecule has 7 heteroatoms. The van der Waals surface area contributed by atoms with Crippen LogP contribution in [0.1, 0.15) is 17.7 Å². The molecule has 2 heterocycles. The second-order valence-electron chi connectivity index (χ2n) is 6.30. The topological polar surface area (TPSA) is 39.9 Å². The first-order valence-corrected chi connectivity index (χ1v) is 8.56. The highest BCUT2D eigenvalue weighted by Crippen LogP contribution is 2.34. The molecule has 4 rings (SSSR count). The van der Waals surface area contributed by atoms with Crippen LogP contribution >= 0.6 is 0 Å². The van der Waals surface area contributed by atoms with Crippen LogP contribution in [-0.2, 0) is 0 Å². The normalized spacial score (nSPS) is 11.4. The lowest BCUT2D eigenvalue weighted by atomic mass is 10.1. The molecule has 2 aromatic carbocycles. The summed E-state index contributed by atoms with van der Waals surface area (Å²) in [5.41, 5.74) is 2.21. The van der Waals surface area contributed by atoms with Crippen molar-refractivity contribution in [1.82, 2.24) is 14.8 Å². The number of fused-ring (bicyclic) bond motifs is 1. The van der Waals surface area contributed by atoms with Gasteiger partial charge in [-0.3, -0.25) is 0 Å². The first kappa shape index (κ1) is 18.0. The van der Waals surface area contributed by atoms with E-state index in [1.54, 1.807) is 38.3 Å². The van der Waals surface area contributed by atoms with Gasteiger partial charge in [-0.1, -0.05) is 0 Å². The smallest absolute Gasteiger partial charge is 0.264 e. The Morgan fingerprint density at radius 3 is 2.29 bits per heavy atom. The van der Waals surface area contributed by atoms with E-state index in [0.717, 1.165) is 0 Å². The van der Waals surface area contributed by atoms with Crippen molar-refractivity contribution < 1.29 is 17.9 Å². The second-order valence-corrected chi connectivity index (χ2v) is 6.30. The van der Waals surface area contributed by atoms with Gasteiger partial charge in [0.25, 0.3) is 6.43 Å². The van der Waals surface area contributed by atoms with Crippen LogP contribution in [0.5, 0.6) is 5.75 Å². The third-order valence-electron chi connectivity index (χ3n) is 4.54. The number of benzene rings is 2. The minimum absolute atomic E-state index is 0.137. The van der Waals surface area contributed by atoms with E-state index >= 15 is 0 Å². The standard InChI is InChI=1S/C21H16F3N3O/c1-12-19-17(20(23)24)11-18(13-3-9-16(28-2)10-4-13)25-21(19)27(26-12)15-7-5-14(22)6-8-15/h3-11,20H,1-2H3. The lowest BCUT2D eigenvalue weighted by Crippen LogP contribution is -2.00. The minimum Gasteiger partial charge on any atom is -0.497 e.